The Balaban J connectivity index is 1.33. The van der Waals surface area contributed by atoms with E-state index in [0.717, 1.165) is 29.7 Å². The Morgan fingerprint density at radius 3 is 2.84 bits per heavy atom. The molecule has 2 aromatic heterocycles. The minimum absolute atomic E-state index is 0.0425. The standard InChI is InChI=1S/C23H29N5O3/c1-26-11-16-12-27(20(29)8-15-4-2-3-5-15)7-6-19(16)21(23(26)31)22(30)25-17-9-18-10-24-14-28(18)13-17/h10-11,14-15,17H,2-9,12-13H2,1H3,(H,25,30). The van der Waals surface area contributed by atoms with Crippen LogP contribution in [0.1, 0.15) is 59.3 Å². The first kappa shape index (κ1) is 20.0. The number of hydrogen-bond acceptors (Lipinski definition) is 4. The summed E-state index contributed by atoms with van der Waals surface area (Å²) in [6, 6.07) is -0.0425. The Labute approximate surface area is 181 Å². The van der Waals surface area contributed by atoms with E-state index in [-0.39, 0.29) is 29.0 Å². The van der Waals surface area contributed by atoms with Crippen molar-refractivity contribution in [1.29, 1.82) is 0 Å². The van der Waals surface area contributed by atoms with E-state index in [9.17, 15) is 14.4 Å². The highest BCUT2D eigenvalue weighted by atomic mass is 16.2. The lowest BCUT2D eigenvalue weighted by molar-refractivity contribution is -0.133. The molecule has 31 heavy (non-hydrogen) atoms. The van der Waals surface area contributed by atoms with Gasteiger partial charge in [-0.2, -0.15) is 0 Å². The number of fused-ring (bicyclic) bond motifs is 2. The molecule has 8 nitrogen and oxygen atoms in total. The third kappa shape index (κ3) is 3.79. The second kappa shape index (κ2) is 7.98. The number of amides is 2. The fraction of sp³-hybridized carbons (Fsp3) is 0.565. The van der Waals surface area contributed by atoms with Gasteiger partial charge in [0, 0.05) is 57.6 Å². The van der Waals surface area contributed by atoms with E-state index in [1.54, 1.807) is 19.6 Å². The lowest BCUT2D eigenvalue weighted by Crippen LogP contribution is -2.43. The van der Waals surface area contributed by atoms with Crippen molar-refractivity contribution in [2.24, 2.45) is 13.0 Å². The third-order valence-electron chi connectivity index (χ3n) is 7.09. The molecule has 164 valence electrons. The SMILES string of the molecule is Cn1cc2c(c(C(=O)NC3Cc4cncn4C3)c1=O)CCN(C(=O)CC1CCCC1)C2. The van der Waals surface area contributed by atoms with Crippen molar-refractivity contribution in [3.8, 4) is 0 Å². The van der Waals surface area contributed by atoms with Gasteiger partial charge in [0.05, 0.1) is 12.4 Å². The first-order chi connectivity index (χ1) is 15.0. The van der Waals surface area contributed by atoms with Crippen LogP contribution in [0.5, 0.6) is 0 Å². The number of aromatic nitrogens is 3. The summed E-state index contributed by atoms with van der Waals surface area (Å²) >= 11 is 0. The molecule has 1 N–H and O–H groups in total. The molecule has 4 heterocycles. The summed E-state index contributed by atoms with van der Waals surface area (Å²) in [5.74, 6) is 0.392. The van der Waals surface area contributed by atoms with Gasteiger partial charge in [0.2, 0.25) is 5.91 Å². The molecule has 2 aliphatic heterocycles. The monoisotopic (exact) mass is 423 g/mol. The summed E-state index contributed by atoms with van der Waals surface area (Å²) in [7, 11) is 1.67. The predicted molar refractivity (Wildman–Crippen MR) is 115 cm³/mol. The molecule has 1 saturated carbocycles. The van der Waals surface area contributed by atoms with E-state index in [4.69, 9.17) is 0 Å². The Bertz CT molecular complexity index is 1060. The quantitative estimate of drug-likeness (QED) is 0.805. The highest BCUT2D eigenvalue weighted by molar-refractivity contribution is 5.96. The number of carbonyl (C=O) groups is 2. The predicted octanol–water partition coefficient (Wildman–Crippen LogP) is 1.40. The van der Waals surface area contributed by atoms with Crippen molar-refractivity contribution in [3.63, 3.8) is 0 Å². The van der Waals surface area contributed by atoms with Crippen molar-refractivity contribution >= 4 is 11.8 Å². The van der Waals surface area contributed by atoms with Gasteiger partial charge in [-0.05, 0) is 36.3 Å². The molecule has 0 aromatic carbocycles. The summed E-state index contributed by atoms with van der Waals surface area (Å²) in [6.45, 7) is 1.70. The topological polar surface area (TPSA) is 89.2 Å². The van der Waals surface area contributed by atoms with Gasteiger partial charge >= 0.3 is 0 Å². The van der Waals surface area contributed by atoms with Crippen molar-refractivity contribution < 1.29 is 9.59 Å². The van der Waals surface area contributed by atoms with Crippen LogP contribution in [0.2, 0.25) is 0 Å². The maximum Gasteiger partial charge on any atom is 0.263 e. The maximum atomic E-state index is 13.1. The van der Waals surface area contributed by atoms with Crippen LogP contribution < -0.4 is 10.9 Å². The number of nitrogens with zero attached hydrogens (tertiary/aromatic N) is 4. The molecule has 5 rings (SSSR count). The van der Waals surface area contributed by atoms with Crippen LogP contribution in [0, 0.1) is 5.92 Å². The zero-order valence-electron chi connectivity index (χ0n) is 18.0. The maximum absolute atomic E-state index is 13.1. The summed E-state index contributed by atoms with van der Waals surface area (Å²) in [5, 5.41) is 3.05. The van der Waals surface area contributed by atoms with Crippen LogP contribution >= 0.6 is 0 Å². The van der Waals surface area contributed by atoms with Gasteiger partial charge in [-0.1, -0.05) is 12.8 Å². The van der Waals surface area contributed by atoms with E-state index in [0.29, 0.717) is 44.8 Å². The molecule has 0 spiro atoms. The van der Waals surface area contributed by atoms with Crippen molar-refractivity contribution in [1.82, 2.24) is 24.3 Å². The number of rotatable bonds is 4. The van der Waals surface area contributed by atoms with Crippen LogP contribution in [0.25, 0.3) is 0 Å². The van der Waals surface area contributed by atoms with Gasteiger partial charge in [0.1, 0.15) is 5.56 Å². The number of nitrogens with one attached hydrogen (secondary N) is 1. The number of aryl methyl sites for hydroxylation is 1. The Kier molecular flexibility index (Phi) is 5.16. The summed E-state index contributed by atoms with van der Waals surface area (Å²) in [4.78, 5) is 44.8. The van der Waals surface area contributed by atoms with Gasteiger partial charge in [-0.25, -0.2) is 4.98 Å². The number of imidazole rings is 1. The van der Waals surface area contributed by atoms with Crippen molar-refractivity contribution in [2.45, 2.75) is 64.1 Å². The lowest BCUT2D eigenvalue weighted by Gasteiger charge is -2.31. The molecule has 2 amide bonds. The van der Waals surface area contributed by atoms with Crippen LogP contribution in [0.4, 0.5) is 0 Å². The second-order valence-electron chi connectivity index (χ2n) is 9.26. The highest BCUT2D eigenvalue weighted by Crippen LogP contribution is 2.29. The molecule has 2 aromatic rings. The van der Waals surface area contributed by atoms with E-state index >= 15 is 0 Å². The number of carbonyl (C=O) groups excluding carboxylic acids is 2. The number of hydrogen-bond donors (Lipinski definition) is 1. The Hall–Kier alpha value is -2.90. The Morgan fingerprint density at radius 1 is 1.26 bits per heavy atom. The average molecular weight is 424 g/mol. The first-order valence-corrected chi connectivity index (χ1v) is 11.3. The molecule has 1 atom stereocenters. The summed E-state index contributed by atoms with van der Waals surface area (Å²) in [5.41, 5.74) is 2.74. The molecule has 1 fully saturated rings. The molecular weight excluding hydrogens is 394 g/mol. The second-order valence-corrected chi connectivity index (χ2v) is 9.26. The zero-order valence-corrected chi connectivity index (χ0v) is 18.0. The van der Waals surface area contributed by atoms with Crippen LogP contribution in [-0.2, 0) is 37.8 Å². The molecule has 1 unspecified atom stereocenters. The van der Waals surface area contributed by atoms with E-state index < -0.39 is 0 Å². The first-order valence-electron chi connectivity index (χ1n) is 11.3. The fourth-order valence-electron chi connectivity index (χ4n) is 5.42. The van der Waals surface area contributed by atoms with E-state index in [1.165, 1.54) is 17.4 Å². The van der Waals surface area contributed by atoms with Gasteiger partial charge in [0.25, 0.3) is 11.5 Å². The number of pyridine rings is 1. The van der Waals surface area contributed by atoms with Crippen LogP contribution in [-0.4, -0.2) is 43.4 Å². The molecule has 0 bridgehead atoms. The van der Waals surface area contributed by atoms with Crippen molar-refractivity contribution in [2.75, 3.05) is 6.54 Å². The van der Waals surface area contributed by atoms with Gasteiger partial charge in [0.15, 0.2) is 0 Å². The minimum atomic E-state index is -0.313. The molecular formula is C23H29N5O3. The fourth-order valence-corrected chi connectivity index (χ4v) is 5.42. The zero-order chi connectivity index (χ0) is 21.5. The van der Waals surface area contributed by atoms with E-state index in [2.05, 4.69) is 10.3 Å². The average Bonchev–Trinajstić information content (AvgIpc) is 3.46. The lowest BCUT2D eigenvalue weighted by atomic mass is 9.95. The molecule has 1 aliphatic carbocycles. The van der Waals surface area contributed by atoms with E-state index in [1.807, 2.05) is 15.7 Å². The molecule has 8 heteroatoms. The molecule has 0 saturated heterocycles. The third-order valence-corrected chi connectivity index (χ3v) is 7.09. The highest BCUT2D eigenvalue weighted by Gasteiger charge is 2.31. The Morgan fingerprint density at radius 2 is 2.06 bits per heavy atom. The normalized spacial score (nSPS) is 20.5. The van der Waals surface area contributed by atoms with Gasteiger partial charge in [-0.3, -0.25) is 14.4 Å². The van der Waals surface area contributed by atoms with Crippen LogP contribution in [0.3, 0.4) is 0 Å². The smallest absolute Gasteiger partial charge is 0.263 e. The molecule has 0 radical (unpaired) electrons. The minimum Gasteiger partial charge on any atom is -0.347 e. The molecule has 3 aliphatic rings. The largest absolute Gasteiger partial charge is 0.347 e. The van der Waals surface area contributed by atoms with Gasteiger partial charge < -0.3 is 19.4 Å². The van der Waals surface area contributed by atoms with Gasteiger partial charge in [-0.15, -0.1) is 0 Å². The summed E-state index contributed by atoms with van der Waals surface area (Å²) in [6.07, 6.45) is 12.0. The summed E-state index contributed by atoms with van der Waals surface area (Å²) < 4.78 is 3.50. The van der Waals surface area contributed by atoms with Crippen molar-refractivity contribution in [3.05, 3.63) is 51.5 Å². The van der Waals surface area contributed by atoms with Crippen LogP contribution in [0.15, 0.2) is 23.5 Å².